The van der Waals surface area contributed by atoms with Gasteiger partial charge in [-0.1, -0.05) is 0 Å². The number of aromatic amines is 2. The molecule has 10 heteroatoms. The number of nitrogens with zero attached hydrogens (tertiary/aromatic N) is 1. The summed E-state index contributed by atoms with van der Waals surface area (Å²) in [6.45, 7) is 3.40. The number of carbonyl (C=O) groups is 1. The Kier molecular flexibility index (Phi) is 6.94. The largest absolute Gasteiger partial charge is 0.347 e. The number of aromatic nitrogens is 3. The summed E-state index contributed by atoms with van der Waals surface area (Å²) < 4.78 is 0. The van der Waals surface area contributed by atoms with E-state index in [2.05, 4.69) is 25.6 Å². The Hall–Kier alpha value is -1.90. The van der Waals surface area contributed by atoms with Crippen molar-refractivity contribution in [2.75, 3.05) is 13.1 Å². The zero-order valence-corrected chi connectivity index (χ0v) is 14.6. The number of hydrogen-bond acceptors (Lipinski definition) is 5. The summed E-state index contributed by atoms with van der Waals surface area (Å²) >= 11 is 0. The van der Waals surface area contributed by atoms with E-state index < -0.39 is 11.2 Å². The summed E-state index contributed by atoms with van der Waals surface area (Å²) in [7, 11) is 0. The van der Waals surface area contributed by atoms with Crippen molar-refractivity contribution in [1.82, 2.24) is 25.6 Å². The third-order valence-corrected chi connectivity index (χ3v) is 3.77. The minimum Gasteiger partial charge on any atom is -0.347 e. The van der Waals surface area contributed by atoms with Gasteiger partial charge in [-0.15, -0.1) is 24.8 Å². The molecule has 4 N–H and O–H groups in total. The van der Waals surface area contributed by atoms with Gasteiger partial charge in [0.05, 0.1) is 5.39 Å². The second-order valence-corrected chi connectivity index (χ2v) is 5.47. The van der Waals surface area contributed by atoms with Crippen LogP contribution in [-0.2, 0) is 0 Å². The van der Waals surface area contributed by atoms with Gasteiger partial charge < -0.3 is 10.6 Å². The number of aryl methyl sites for hydroxylation is 1. The van der Waals surface area contributed by atoms with Crippen LogP contribution in [0, 0.1) is 6.92 Å². The molecule has 0 radical (unpaired) electrons. The molecule has 1 saturated heterocycles. The number of fused-ring (bicyclic) bond motifs is 1. The van der Waals surface area contributed by atoms with Gasteiger partial charge in [-0.2, -0.15) is 0 Å². The second kappa shape index (κ2) is 8.27. The highest BCUT2D eigenvalue weighted by Gasteiger charge is 2.18. The van der Waals surface area contributed by atoms with Crippen molar-refractivity contribution < 1.29 is 4.79 Å². The Balaban J connectivity index is 0.00000144. The first-order valence-electron chi connectivity index (χ1n) is 7.20. The van der Waals surface area contributed by atoms with Crippen molar-refractivity contribution >= 4 is 41.8 Å². The maximum atomic E-state index is 12.3. The van der Waals surface area contributed by atoms with Crippen LogP contribution in [0.1, 0.15) is 28.9 Å². The van der Waals surface area contributed by atoms with Crippen LogP contribution < -0.4 is 21.9 Å². The lowest BCUT2D eigenvalue weighted by Gasteiger charge is -2.23. The van der Waals surface area contributed by atoms with Crippen molar-refractivity contribution in [2.24, 2.45) is 0 Å². The molecule has 3 rings (SSSR count). The topological polar surface area (TPSA) is 120 Å². The lowest BCUT2D eigenvalue weighted by Crippen LogP contribution is -2.45. The van der Waals surface area contributed by atoms with Crippen LogP contribution in [0.3, 0.4) is 0 Å². The van der Waals surface area contributed by atoms with Crippen molar-refractivity contribution in [3.63, 3.8) is 0 Å². The molecule has 2 aromatic rings. The van der Waals surface area contributed by atoms with Gasteiger partial charge in [0.25, 0.3) is 11.5 Å². The number of amides is 1. The Morgan fingerprint density at radius 2 is 2.04 bits per heavy atom. The van der Waals surface area contributed by atoms with Gasteiger partial charge in [-0.3, -0.25) is 19.6 Å². The summed E-state index contributed by atoms with van der Waals surface area (Å²) in [6, 6.07) is 1.62. The Morgan fingerprint density at radius 3 is 2.71 bits per heavy atom. The van der Waals surface area contributed by atoms with Gasteiger partial charge in [0.2, 0.25) is 0 Å². The van der Waals surface area contributed by atoms with Crippen LogP contribution in [0.15, 0.2) is 15.7 Å². The molecule has 1 aliphatic rings. The van der Waals surface area contributed by atoms with Crippen molar-refractivity contribution in [1.29, 1.82) is 0 Å². The smallest absolute Gasteiger partial charge is 0.327 e. The zero-order chi connectivity index (χ0) is 15.7. The Morgan fingerprint density at radius 1 is 1.29 bits per heavy atom. The first kappa shape index (κ1) is 20.1. The second-order valence-electron chi connectivity index (χ2n) is 5.47. The fourth-order valence-electron chi connectivity index (χ4n) is 2.70. The summed E-state index contributed by atoms with van der Waals surface area (Å²) in [5.41, 5.74) is -0.238. The Labute approximate surface area is 149 Å². The molecular weight excluding hydrogens is 357 g/mol. The minimum atomic E-state index is -0.640. The molecule has 3 heterocycles. The summed E-state index contributed by atoms with van der Waals surface area (Å²) in [4.78, 5) is 44.2. The average molecular weight is 376 g/mol. The number of H-pyrrole nitrogens is 2. The van der Waals surface area contributed by atoms with E-state index in [1.54, 1.807) is 13.0 Å². The van der Waals surface area contributed by atoms with E-state index in [9.17, 15) is 14.4 Å². The molecule has 8 nitrogen and oxygen atoms in total. The zero-order valence-electron chi connectivity index (χ0n) is 13.0. The molecule has 2 aromatic heterocycles. The van der Waals surface area contributed by atoms with E-state index in [1.165, 1.54) is 0 Å². The summed E-state index contributed by atoms with van der Waals surface area (Å²) in [6.07, 6.45) is 1.93. The maximum absolute atomic E-state index is 12.3. The number of rotatable bonds is 2. The number of piperidine rings is 1. The third-order valence-electron chi connectivity index (χ3n) is 3.77. The van der Waals surface area contributed by atoms with Gasteiger partial charge in [0, 0.05) is 12.6 Å². The van der Waals surface area contributed by atoms with Crippen LogP contribution in [0.2, 0.25) is 0 Å². The molecule has 1 aliphatic heterocycles. The number of halogens is 2. The lowest BCUT2D eigenvalue weighted by molar-refractivity contribution is 0.0926. The van der Waals surface area contributed by atoms with E-state index in [1.807, 2.05) is 0 Å². The highest BCUT2D eigenvalue weighted by atomic mass is 35.5. The molecule has 0 saturated carbocycles. The highest BCUT2D eigenvalue weighted by Crippen LogP contribution is 2.11. The number of carbonyl (C=O) groups excluding carboxylic acids is 1. The van der Waals surface area contributed by atoms with E-state index in [0.29, 0.717) is 5.56 Å². The molecule has 24 heavy (non-hydrogen) atoms. The highest BCUT2D eigenvalue weighted by molar-refractivity contribution is 5.95. The number of hydrogen-bond donors (Lipinski definition) is 4. The van der Waals surface area contributed by atoms with Crippen molar-refractivity contribution in [3.05, 3.63) is 38.2 Å². The fourth-order valence-corrected chi connectivity index (χ4v) is 2.70. The SMILES string of the molecule is Cc1cc(C(=O)N[C@H]2CCCNC2)nc2[nH]c(=O)[nH]c(=O)c12.Cl.Cl. The van der Waals surface area contributed by atoms with E-state index in [-0.39, 0.29) is 53.5 Å². The predicted octanol–water partition coefficient (Wildman–Crippen LogP) is 0.245. The fraction of sp³-hybridized carbons (Fsp3) is 0.429. The van der Waals surface area contributed by atoms with Gasteiger partial charge in [-0.05, 0) is 37.9 Å². The summed E-state index contributed by atoms with van der Waals surface area (Å²) in [5, 5.41) is 6.42. The number of nitrogens with one attached hydrogen (secondary N) is 4. The Bertz CT molecular complexity index is 842. The van der Waals surface area contributed by atoms with Crippen LogP contribution in [0.5, 0.6) is 0 Å². The van der Waals surface area contributed by atoms with Gasteiger partial charge in [0.1, 0.15) is 11.3 Å². The minimum absolute atomic E-state index is 0. The monoisotopic (exact) mass is 375 g/mol. The molecule has 1 amide bonds. The van der Waals surface area contributed by atoms with Crippen molar-refractivity contribution in [3.8, 4) is 0 Å². The lowest BCUT2D eigenvalue weighted by atomic mass is 10.1. The summed E-state index contributed by atoms with van der Waals surface area (Å²) in [5.74, 6) is -0.306. The van der Waals surface area contributed by atoms with E-state index >= 15 is 0 Å². The first-order chi connectivity index (χ1) is 10.5. The molecular formula is C14H19Cl2N5O3. The van der Waals surface area contributed by atoms with E-state index in [0.717, 1.165) is 25.9 Å². The van der Waals surface area contributed by atoms with Crippen LogP contribution in [-0.4, -0.2) is 40.0 Å². The molecule has 0 aliphatic carbocycles. The average Bonchev–Trinajstić information content (AvgIpc) is 2.47. The molecule has 0 bridgehead atoms. The quantitative estimate of drug-likeness (QED) is 0.599. The molecule has 0 aromatic carbocycles. The van der Waals surface area contributed by atoms with Gasteiger partial charge in [-0.25, -0.2) is 9.78 Å². The van der Waals surface area contributed by atoms with Gasteiger partial charge in [0.15, 0.2) is 0 Å². The standard InChI is InChI=1S/C14H17N5O3.2ClH/c1-7-5-9(12(20)16-8-3-2-4-15-6-8)17-11-10(7)13(21)19-14(22)18-11;;/h5,8,15H,2-4,6H2,1H3,(H,16,20)(H2,17,18,19,21,22);2*1H/t8-;;/m0../s1. The maximum Gasteiger partial charge on any atom is 0.327 e. The van der Waals surface area contributed by atoms with Crippen molar-refractivity contribution in [2.45, 2.75) is 25.8 Å². The first-order valence-corrected chi connectivity index (χ1v) is 7.20. The number of pyridine rings is 1. The normalized spacial score (nSPS) is 16.8. The predicted molar refractivity (Wildman–Crippen MR) is 95.6 cm³/mol. The molecule has 132 valence electrons. The molecule has 1 atom stereocenters. The van der Waals surface area contributed by atoms with Gasteiger partial charge >= 0.3 is 5.69 Å². The molecule has 0 spiro atoms. The molecule has 1 fully saturated rings. The van der Waals surface area contributed by atoms with Crippen LogP contribution in [0.4, 0.5) is 0 Å². The third kappa shape index (κ3) is 4.14. The van der Waals surface area contributed by atoms with Crippen LogP contribution in [0.25, 0.3) is 11.0 Å². The molecule has 0 unspecified atom stereocenters. The van der Waals surface area contributed by atoms with Crippen LogP contribution >= 0.6 is 24.8 Å². The van der Waals surface area contributed by atoms with E-state index in [4.69, 9.17) is 0 Å².